The van der Waals surface area contributed by atoms with Crippen LogP contribution in [0.25, 0.3) is 0 Å². The fraction of sp³-hybridized carbons (Fsp3) is 0.500. The summed E-state index contributed by atoms with van der Waals surface area (Å²) in [5.41, 5.74) is 0.954. The topological polar surface area (TPSA) is 40.5 Å². The summed E-state index contributed by atoms with van der Waals surface area (Å²) in [7, 11) is 0. The number of rotatable bonds is 2. The molecule has 1 heterocycles. The van der Waals surface area contributed by atoms with E-state index in [2.05, 4.69) is 4.90 Å². The molecule has 0 spiro atoms. The predicted octanol–water partition coefficient (Wildman–Crippen LogP) is 2.89. The Bertz CT molecular complexity index is 445. The van der Waals surface area contributed by atoms with Gasteiger partial charge in [0.25, 0.3) is 0 Å². The van der Waals surface area contributed by atoms with Crippen molar-refractivity contribution in [3.63, 3.8) is 0 Å². The Morgan fingerprint density at radius 2 is 2.17 bits per heavy atom. The third-order valence-corrected chi connectivity index (χ3v) is 3.81. The Labute approximate surface area is 112 Å². The van der Waals surface area contributed by atoms with Crippen LogP contribution in [0.2, 0.25) is 5.02 Å². The first-order chi connectivity index (χ1) is 8.52. The molecule has 1 aliphatic heterocycles. The zero-order valence-corrected chi connectivity index (χ0v) is 11.3. The summed E-state index contributed by atoms with van der Waals surface area (Å²) >= 11 is 6.20. The maximum atomic E-state index is 10.7. The van der Waals surface area contributed by atoms with Crippen molar-refractivity contribution in [1.82, 2.24) is 0 Å². The summed E-state index contributed by atoms with van der Waals surface area (Å²) < 4.78 is 0. The Morgan fingerprint density at radius 3 is 2.83 bits per heavy atom. The van der Waals surface area contributed by atoms with Gasteiger partial charge in [-0.25, -0.2) is 0 Å². The molecule has 3 nitrogen and oxygen atoms in total. The highest BCUT2D eigenvalue weighted by atomic mass is 35.5. The zero-order valence-electron chi connectivity index (χ0n) is 10.5. The lowest BCUT2D eigenvalue weighted by Crippen LogP contribution is -2.28. The first-order valence-corrected chi connectivity index (χ1v) is 6.62. The number of aldehydes is 1. The van der Waals surface area contributed by atoms with E-state index in [0.29, 0.717) is 10.6 Å². The average molecular weight is 268 g/mol. The number of anilines is 1. The van der Waals surface area contributed by atoms with Crippen LogP contribution in [0.1, 0.15) is 36.5 Å². The number of carbonyl (C=O) groups is 1. The van der Waals surface area contributed by atoms with Crippen LogP contribution in [0.5, 0.6) is 0 Å². The van der Waals surface area contributed by atoms with E-state index in [-0.39, 0.29) is 0 Å². The smallest absolute Gasteiger partial charge is 0.150 e. The van der Waals surface area contributed by atoms with E-state index >= 15 is 0 Å². The van der Waals surface area contributed by atoms with Crippen molar-refractivity contribution in [3.05, 3.63) is 28.8 Å². The molecule has 1 aromatic rings. The summed E-state index contributed by atoms with van der Waals surface area (Å²) in [6.45, 7) is 3.55. The van der Waals surface area contributed by atoms with Crippen LogP contribution in [0.15, 0.2) is 18.2 Å². The molecule has 1 atom stereocenters. The van der Waals surface area contributed by atoms with E-state index in [1.165, 1.54) is 0 Å². The van der Waals surface area contributed by atoms with Gasteiger partial charge in [0.1, 0.15) is 6.29 Å². The fourth-order valence-electron chi connectivity index (χ4n) is 2.36. The highest BCUT2D eigenvalue weighted by Gasteiger charge is 2.25. The molecule has 0 amide bonds. The minimum atomic E-state index is -0.579. The van der Waals surface area contributed by atoms with Gasteiger partial charge in [-0.15, -0.1) is 0 Å². The van der Waals surface area contributed by atoms with Crippen LogP contribution < -0.4 is 4.90 Å². The molecule has 1 N–H and O–H groups in total. The van der Waals surface area contributed by atoms with Gasteiger partial charge < -0.3 is 10.0 Å². The molecule has 18 heavy (non-hydrogen) atoms. The van der Waals surface area contributed by atoms with E-state index < -0.39 is 5.60 Å². The van der Waals surface area contributed by atoms with Crippen molar-refractivity contribution in [1.29, 1.82) is 0 Å². The minimum Gasteiger partial charge on any atom is -0.390 e. The van der Waals surface area contributed by atoms with Crippen LogP contribution in [-0.2, 0) is 0 Å². The normalized spacial score (nSPS) is 24.7. The Kier molecular flexibility index (Phi) is 3.93. The average Bonchev–Trinajstić information content (AvgIpc) is 2.50. The number of nitrogens with zero attached hydrogens (tertiary/aromatic N) is 1. The molecule has 98 valence electrons. The van der Waals surface area contributed by atoms with Crippen molar-refractivity contribution in [3.8, 4) is 0 Å². The molecular weight excluding hydrogens is 250 g/mol. The lowest BCUT2D eigenvalue weighted by molar-refractivity contribution is 0.0481. The predicted molar refractivity (Wildman–Crippen MR) is 73.5 cm³/mol. The molecule has 0 saturated carbocycles. The molecule has 0 bridgehead atoms. The molecule has 0 aliphatic carbocycles. The van der Waals surface area contributed by atoms with Gasteiger partial charge in [0.05, 0.1) is 16.3 Å². The summed E-state index contributed by atoms with van der Waals surface area (Å²) in [5, 5.41) is 10.7. The van der Waals surface area contributed by atoms with Crippen molar-refractivity contribution in [2.24, 2.45) is 0 Å². The van der Waals surface area contributed by atoms with E-state index in [4.69, 9.17) is 11.6 Å². The van der Waals surface area contributed by atoms with Crippen molar-refractivity contribution < 1.29 is 9.90 Å². The SMILES string of the molecule is CC1(O)CCCN(c2ccc(C=O)cc2Cl)CC1. The molecule has 0 radical (unpaired) electrons. The summed E-state index contributed by atoms with van der Waals surface area (Å²) in [6.07, 6.45) is 3.29. The van der Waals surface area contributed by atoms with Gasteiger partial charge in [-0.3, -0.25) is 4.79 Å². The zero-order chi connectivity index (χ0) is 13.2. The molecule has 1 saturated heterocycles. The Morgan fingerprint density at radius 1 is 1.39 bits per heavy atom. The fourth-order valence-corrected chi connectivity index (χ4v) is 2.67. The second-order valence-corrected chi connectivity index (χ2v) is 5.57. The van der Waals surface area contributed by atoms with Crippen molar-refractivity contribution in [2.45, 2.75) is 31.8 Å². The number of carbonyl (C=O) groups excluding carboxylic acids is 1. The number of halogens is 1. The van der Waals surface area contributed by atoms with Crippen LogP contribution in [0, 0.1) is 0 Å². The van der Waals surface area contributed by atoms with Crippen molar-refractivity contribution >= 4 is 23.6 Å². The van der Waals surface area contributed by atoms with E-state index in [9.17, 15) is 9.90 Å². The number of aliphatic hydroxyl groups is 1. The lowest BCUT2D eigenvalue weighted by atomic mass is 9.98. The minimum absolute atomic E-state index is 0.579. The van der Waals surface area contributed by atoms with Gasteiger partial charge in [-0.2, -0.15) is 0 Å². The van der Waals surface area contributed by atoms with E-state index in [1.807, 2.05) is 13.0 Å². The first kappa shape index (κ1) is 13.4. The Balaban J connectivity index is 2.18. The molecule has 2 rings (SSSR count). The second kappa shape index (κ2) is 5.29. The van der Waals surface area contributed by atoms with Gasteiger partial charge in [-0.1, -0.05) is 11.6 Å². The van der Waals surface area contributed by atoms with Gasteiger partial charge in [0.15, 0.2) is 0 Å². The first-order valence-electron chi connectivity index (χ1n) is 6.24. The van der Waals surface area contributed by atoms with Crippen LogP contribution in [0.3, 0.4) is 0 Å². The molecule has 1 fully saturated rings. The number of hydrogen-bond acceptors (Lipinski definition) is 3. The highest BCUT2D eigenvalue weighted by molar-refractivity contribution is 6.33. The Hall–Kier alpha value is -1.06. The van der Waals surface area contributed by atoms with Gasteiger partial charge >= 0.3 is 0 Å². The van der Waals surface area contributed by atoms with Crippen LogP contribution >= 0.6 is 11.6 Å². The maximum absolute atomic E-state index is 10.7. The quantitative estimate of drug-likeness (QED) is 0.838. The van der Waals surface area contributed by atoms with Gasteiger partial charge in [0, 0.05) is 18.7 Å². The lowest BCUT2D eigenvalue weighted by Gasteiger charge is -2.25. The van der Waals surface area contributed by atoms with E-state index in [0.717, 1.165) is 44.3 Å². The maximum Gasteiger partial charge on any atom is 0.150 e. The third kappa shape index (κ3) is 3.03. The summed E-state index contributed by atoms with van der Waals surface area (Å²) in [6, 6.07) is 5.34. The molecule has 1 aliphatic rings. The molecular formula is C14H18ClNO2. The van der Waals surface area contributed by atoms with Gasteiger partial charge in [0.2, 0.25) is 0 Å². The highest BCUT2D eigenvalue weighted by Crippen LogP contribution is 2.30. The molecule has 0 aromatic heterocycles. The molecule has 1 unspecified atom stereocenters. The third-order valence-electron chi connectivity index (χ3n) is 3.51. The number of hydrogen-bond donors (Lipinski definition) is 1. The van der Waals surface area contributed by atoms with Gasteiger partial charge in [-0.05, 0) is 44.4 Å². The molecule has 4 heteroatoms. The summed E-state index contributed by atoms with van der Waals surface area (Å²) in [4.78, 5) is 12.9. The van der Waals surface area contributed by atoms with Crippen molar-refractivity contribution in [2.75, 3.05) is 18.0 Å². The second-order valence-electron chi connectivity index (χ2n) is 5.17. The van der Waals surface area contributed by atoms with Crippen LogP contribution in [-0.4, -0.2) is 30.1 Å². The largest absolute Gasteiger partial charge is 0.390 e. The standard InChI is InChI=1S/C14H18ClNO2/c1-14(18)5-2-7-16(8-6-14)13-4-3-11(10-17)9-12(13)15/h3-4,9-10,18H,2,5-8H2,1H3. The van der Waals surface area contributed by atoms with E-state index in [1.54, 1.807) is 12.1 Å². The van der Waals surface area contributed by atoms with Crippen LogP contribution in [0.4, 0.5) is 5.69 Å². The monoisotopic (exact) mass is 267 g/mol. The summed E-state index contributed by atoms with van der Waals surface area (Å²) in [5.74, 6) is 0. The molecule has 1 aromatic carbocycles. The number of benzene rings is 1.